The number of nitrogens with two attached hydrogens (primary N) is 1. The van der Waals surface area contributed by atoms with Crippen molar-refractivity contribution in [2.45, 2.75) is 19.4 Å². The molecule has 0 aliphatic carbocycles. The first kappa shape index (κ1) is 21.3. The molecule has 3 aromatic carbocycles. The molecular formula is C26H25N3O3. The van der Waals surface area contributed by atoms with E-state index in [2.05, 4.69) is 10.6 Å². The number of methoxy groups -OCH3 is 1. The predicted molar refractivity (Wildman–Crippen MR) is 127 cm³/mol. The van der Waals surface area contributed by atoms with Crippen LogP contribution in [0.5, 0.6) is 0 Å². The minimum Gasteiger partial charge on any atom is -0.465 e. The molecule has 0 aromatic heterocycles. The highest BCUT2D eigenvalue weighted by Gasteiger charge is 2.29. The van der Waals surface area contributed by atoms with Gasteiger partial charge in [-0.25, -0.2) is 4.79 Å². The number of benzene rings is 3. The Morgan fingerprint density at radius 1 is 0.969 bits per heavy atom. The molecule has 0 radical (unpaired) electrons. The summed E-state index contributed by atoms with van der Waals surface area (Å²) in [7, 11) is 1.33. The van der Waals surface area contributed by atoms with Crippen LogP contribution in [0.3, 0.4) is 0 Å². The number of hydrogen-bond acceptors (Lipinski definition) is 5. The van der Waals surface area contributed by atoms with Crippen LogP contribution in [0, 0.1) is 0 Å². The Kier molecular flexibility index (Phi) is 5.55. The molecule has 0 bridgehead atoms. The normalized spacial score (nSPS) is 14.4. The number of carbonyl (C=O) groups is 2. The Bertz CT molecular complexity index is 1210. The maximum absolute atomic E-state index is 13.0. The molecule has 4 N–H and O–H groups in total. The van der Waals surface area contributed by atoms with Gasteiger partial charge in [0.15, 0.2) is 0 Å². The molecule has 4 rings (SSSR count). The standard InChI is InChI=1S/C26H25N3O3/c1-26(2,27)18-10-12-19(13-11-18)28-23(16-7-5-4-6-8-16)22-20-14-9-17(25(31)32-3)15-21(20)29-24(22)30/h4-15,28H,27H2,1-3H3,(H,29,30)/b23-22-. The van der Waals surface area contributed by atoms with E-state index in [-0.39, 0.29) is 5.91 Å². The summed E-state index contributed by atoms with van der Waals surface area (Å²) >= 11 is 0. The highest BCUT2D eigenvalue weighted by molar-refractivity contribution is 6.37. The van der Waals surface area contributed by atoms with Crippen LogP contribution in [0.1, 0.15) is 40.9 Å². The predicted octanol–water partition coefficient (Wildman–Crippen LogP) is 4.60. The summed E-state index contributed by atoms with van der Waals surface area (Å²) in [6.07, 6.45) is 0. The molecule has 0 saturated carbocycles. The van der Waals surface area contributed by atoms with Crippen molar-refractivity contribution >= 4 is 34.5 Å². The number of nitrogens with one attached hydrogen (secondary N) is 2. The summed E-state index contributed by atoms with van der Waals surface area (Å²) < 4.78 is 4.79. The highest BCUT2D eigenvalue weighted by Crippen LogP contribution is 2.38. The third-order valence-corrected chi connectivity index (χ3v) is 5.40. The van der Waals surface area contributed by atoms with Crippen molar-refractivity contribution in [3.63, 3.8) is 0 Å². The second-order valence-corrected chi connectivity index (χ2v) is 8.25. The van der Waals surface area contributed by atoms with Gasteiger partial charge >= 0.3 is 5.97 Å². The molecule has 6 nitrogen and oxygen atoms in total. The number of anilines is 2. The Hall–Kier alpha value is -3.90. The lowest BCUT2D eigenvalue weighted by molar-refractivity contribution is -0.110. The fourth-order valence-corrected chi connectivity index (χ4v) is 3.68. The number of amides is 1. The Morgan fingerprint density at radius 3 is 2.28 bits per heavy atom. The lowest BCUT2D eigenvalue weighted by atomic mass is 9.95. The van der Waals surface area contributed by atoms with E-state index in [0.717, 1.165) is 16.8 Å². The summed E-state index contributed by atoms with van der Waals surface area (Å²) in [4.78, 5) is 24.9. The molecule has 1 heterocycles. The van der Waals surface area contributed by atoms with Gasteiger partial charge in [-0.3, -0.25) is 4.79 Å². The molecule has 32 heavy (non-hydrogen) atoms. The van der Waals surface area contributed by atoms with Gasteiger partial charge in [-0.1, -0.05) is 48.5 Å². The Morgan fingerprint density at radius 2 is 1.66 bits per heavy atom. The summed E-state index contributed by atoms with van der Waals surface area (Å²) in [5, 5.41) is 6.29. The van der Waals surface area contributed by atoms with Gasteiger partial charge in [0.2, 0.25) is 0 Å². The third-order valence-electron chi connectivity index (χ3n) is 5.40. The van der Waals surface area contributed by atoms with Gasteiger partial charge in [-0.15, -0.1) is 0 Å². The van der Waals surface area contributed by atoms with Gasteiger partial charge in [0.1, 0.15) is 0 Å². The number of esters is 1. The van der Waals surface area contributed by atoms with Gasteiger partial charge in [-0.2, -0.15) is 0 Å². The number of fused-ring (bicyclic) bond motifs is 1. The molecule has 3 aromatic rings. The molecule has 0 fully saturated rings. The topological polar surface area (TPSA) is 93.4 Å². The minimum atomic E-state index is -0.455. The first-order valence-corrected chi connectivity index (χ1v) is 10.3. The average Bonchev–Trinajstić information content (AvgIpc) is 3.12. The van der Waals surface area contributed by atoms with Gasteiger partial charge < -0.3 is 21.1 Å². The molecule has 6 heteroatoms. The van der Waals surface area contributed by atoms with Crippen LogP contribution in [0.25, 0.3) is 11.3 Å². The zero-order valence-corrected chi connectivity index (χ0v) is 18.2. The first-order valence-electron chi connectivity index (χ1n) is 10.3. The SMILES string of the molecule is COC(=O)c1ccc2c(c1)NC(=O)/C2=C(\Nc1ccc(C(C)(C)N)cc1)c1ccccc1. The maximum Gasteiger partial charge on any atom is 0.337 e. The van der Waals surface area contributed by atoms with Crippen LogP contribution in [0.4, 0.5) is 11.4 Å². The van der Waals surface area contributed by atoms with E-state index < -0.39 is 11.5 Å². The van der Waals surface area contributed by atoms with E-state index in [1.54, 1.807) is 18.2 Å². The minimum absolute atomic E-state index is 0.243. The zero-order chi connectivity index (χ0) is 22.9. The van der Waals surface area contributed by atoms with Crippen molar-refractivity contribution in [3.8, 4) is 0 Å². The van der Waals surface area contributed by atoms with Crippen molar-refractivity contribution < 1.29 is 14.3 Å². The number of rotatable bonds is 5. The second-order valence-electron chi connectivity index (χ2n) is 8.25. The van der Waals surface area contributed by atoms with Crippen LogP contribution in [-0.4, -0.2) is 19.0 Å². The molecular weight excluding hydrogens is 402 g/mol. The van der Waals surface area contributed by atoms with Gasteiger partial charge in [0.25, 0.3) is 5.91 Å². The van der Waals surface area contributed by atoms with Crippen molar-refractivity contribution in [1.29, 1.82) is 0 Å². The summed E-state index contributed by atoms with van der Waals surface area (Å²) in [5.74, 6) is -0.697. The molecule has 1 aliphatic heterocycles. The highest BCUT2D eigenvalue weighted by atomic mass is 16.5. The summed E-state index contributed by atoms with van der Waals surface area (Å²) in [5.41, 5.74) is 11.3. The zero-order valence-electron chi connectivity index (χ0n) is 18.2. The maximum atomic E-state index is 13.0. The van der Waals surface area contributed by atoms with E-state index in [1.165, 1.54) is 7.11 Å². The largest absolute Gasteiger partial charge is 0.465 e. The number of carbonyl (C=O) groups excluding carboxylic acids is 2. The van der Waals surface area contributed by atoms with E-state index >= 15 is 0 Å². The van der Waals surface area contributed by atoms with Crippen molar-refractivity contribution in [3.05, 3.63) is 95.1 Å². The average molecular weight is 428 g/mol. The Labute approximate surface area is 187 Å². The van der Waals surface area contributed by atoms with E-state index in [4.69, 9.17) is 10.5 Å². The van der Waals surface area contributed by atoms with Crippen LogP contribution in [-0.2, 0) is 15.1 Å². The second kappa shape index (κ2) is 8.32. The van der Waals surface area contributed by atoms with Gasteiger partial charge in [0, 0.05) is 16.8 Å². The van der Waals surface area contributed by atoms with Gasteiger partial charge in [0.05, 0.1) is 29.6 Å². The van der Waals surface area contributed by atoms with Crippen LogP contribution < -0.4 is 16.4 Å². The summed E-state index contributed by atoms with van der Waals surface area (Å²) in [6.45, 7) is 3.91. The fraction of sp³-hybridized carbons (Fsp3) is 0.154. The smallest absolute Gasteiger partial charge is 0.337 e. The van der Waals surface area contributed by atoms with Crippen molar-refractivity contribution in [2.24, 2.45) is 5.73 Å². The van der Waals surface area contributed by atoms with Crippen molar-refractivity contribution in [1.82, 2.24) is 0 Å². The van der Waals surface area contributed by atoms with Crippen LogP contribution >= 0.6 is 0 Å². The monoisotopic (exact) mass is 427 g/mol. The van der Waals surface area contributed by atoms with E-state index in [9.17, 15) is 9.59 Å². The fourth-order valence-electron chi connectivity index (χ4n) is 3.68. The molecule has 1 aliphatic rings. The lowest BCUT2D eigenvalue weighted by Gasteiger charge is -2.20. The number of ether oxygens (including phenoxy) is 1. The van der Waals surface area contributed by atoms with Crippen LogP contribution in [0.2, 0.25) is 0 Å². The van der Waals surface area contributed by atoms with Crippen LogP contribution in [0.15, 0.2) is 72.8 Å². The molecule has 0 spiro atoms. The Balaban J connectivity index is 1.81. The molecule has 162 valence electrons. The van der Waals surface area contributed by atoms with E-state index in [0.29, 0.717) is 28.1 Å². The van der Waals surface area contributed by atoms with E-state index in [1.807, 2.05) is 68.4 Å². The molecule has 0 unspecified atom stereocenters. The number of hydrogen-bond donors (Lipinski definition) is 3. The molecule has 0 saturated heterocycles. The van der Waals surface area contributed by atoms with Crippen molar-refractivity contribution in [2.75, 3.05) is 17.7 Å². The lowest BCUT2D eigenvalue weighted by Crippen LogP contribution is -2.28. The first-order chi connectivity index (χ1) is 15.3. The molecule has 0 atom stereocenters. The quantitative estimate of drug-likeness (QED) is 0.409. The van der Waals surface area contributed by atoms with Gasteiger partial charge in [-0.05, 0) is 49.2 Å². The summed E-state index contributed by atoms with van der Waals surface area (Å²) in [6, 6.07) is 22.6. The molecule has 1 amide bonds. The third kappa shape index (κ3) is 4.13.